The monoisotopic (exact) mass is 234 g/mol. The van der Waals surface area contributed by atoms with Crippen molar-refractivity contribution in [2.75, 3.05) is 13.2 Å². The fourth-order valence-corrected chi connectivity index (χ4v) is 1.78. The van der Waals surface area contributed by atoms with Gasteiger partial charge in [-0.1, -0.05) is 0 Å². The van der Waals surface area contributed by atoms with E-state index >= 15 is 0 Å². The number of rotatable bonds is 3. The first-order valence-corrected chi connectivity index (χ1v) is 5.10. The van der Waals surface area contributed by atoms with Gasteiger partial charge in [-0.2, -0.15) is 0 Å². The molecule has 0 aliphatic carbocycles. The molecule has 2 heterocycles. The molecule has 0 bridgehead atoms. The summed E-state index contributed by atoms with van der Waals surface area (Å²) in [5, 5.41) is 19.3. The first kappa shape index (κ1) is 11.6. The molecule has 2 aliphatic heterocycles. The van der Waals surface area contributed by atoms with Gasteiger partial charge in [0, 0.05) is 6.61 Å². The number of hydrogen-bond donors (Lipinski definition) is 2. The maximum Gasteiger partial charge on any atom is 0.508 e. The van der Waals surface area contributed by atoms with Crippen molar-refractivity contribution in [3.05, 3.63) is 0 Å². The second-order valence-electron chi connectivity index (χ2n) is 3.62. The fraction of sp³-hybridized carbons (Fsp3) is 0.889. The third-order valence-electron chi connectivity index (χ3n) is 2.57. The Morgan fingerprint density at radius 3 is 2.75 bits per heavy atom. The summed E-state index contributed by atoms with van der Waals surface area (Å²) >= 11 is 0. The molecule has 0 aromatic heterocycles. The van der Waals surface area contributed by atoms with Gasteiger partial charge < -0.3 is 29.2 Å². The summed E-state index contributed by atoms with van der Waals surface area (Å²) in [7, 11) is 0. The largest absolute Gasteiger partial charge is 0.508 e. The Morgan fingerprint density at radius 1 is 1.44 bits per heavy atom. The Bertz CT molecular complexity index is 269. The highest BCUT2D eigenvalue weighted by molar-refractivity contribution is 5.62. The predicted octanol–water partition coefficient (Wildman–Crippen LogP) is -0.995. The van der Waals surface area contributed by atoms with Gasteiger partial charge in [0.05, 0.1) is 0 Å². The highest BCUT2D eigenvalue weighted by atomic mass is 16.8. The predicted molar refractivity (Wildman–Crippen MR) is 48.5 cm³/mol. The lowest BCUT2D eigenvalue weighted by molar-refractivity contribution is -0.172. The smallest absolute Gasteiger partial charge is 0.430 e. The van der Waals surface area contributed by atoms with Crippen LogP contribution in [-0.4, -0.2) is 60.3 Å². The molecule has 0 spiro atoms. The molecule has 7 nitrogen and oxygen atoms in total. The number of aliphatic hydroxyl groups excluding tert-OH is 2. The second kappa shape index (κ2) is 4.54. The van der Waals surface area contributed by atoms with Crippen LogP contribution in [0.25, 0.3) is 0 Å². The van der Waals surface area contributed by atoms with E-state index in [2.05, 4.69) is 4.74 Å². The minimum atomic E-state index is -1.16. The molecular weight excluding hydrogens is 220 g/mol. The molecule has 16 heavy (non-hydrogen) atoms. The molecule has 7 heteroatoms. The molecule has 0 radical (unpaired) electrons. The first-order chi connectivity index (χ1) is 7.63. The summed E-state index contributed by atoms with van der Waals surface area (Å²) in [5.41, 5.74) is 0. The molecule has 0 unspecified atom stereocenters. The van der Waals surface area contributed by atoms with Crippen LogP contribution in [0.15, 0.2) is 0 Å². The zero-order valence-electron chi connectivity index (χ0n) is 8.74. The third kappa shape index (κ3) is 1.99. The van der Waals surface area contributed by atoms with Gasteiger partial charge in [0.25, 0.3) is 0 Å². The van der Waals surface area contributed by atoms with Crippen LogP contribution in [0.3, 0.4) is 0 Å². The normalized spacial score (nSPS) is 43.2. The molecule has 2 N–H and O–H groups in total. The van der Waals surface area contributed by atoms with Crippen molar-refractivity contribution in [1.82, 2.24) is 0 Å². The molecule has 2 fully saturated rings. The van der Waals surface area contributed by atoms with E-state index in [0.29, 0.717) is 6.61 Å². The van der Waals surface area contributed by atoms with Crippen molar-refractivity contribution in [2.45, 2.75) is 37.6 Å². The molecule has 92 valence electrons. The van der Waals surface area contributed by atoms with Gasteiger partial charge in [-0.15, -0.1) is 0 Å². The van der Waals surface area contributed by atoms with Gasteiger partial charge >= 0.3 is 6.16 Å². The number of ether oxygens (including phenoxy) is 4. The molecule has 0 amide bonds. The Kier molecular flexibility index (Phi) is 3.29. The number of aliphatic hydroxyl groups is 2. The standard InChI is InChI=1S/C9H14O7/c1-2-13-8-6(11)5(10)7(16-8)4-3-14-9(12)15-4/h4-8,10-11H,2-3H2,1H3/t4-,5-,6+,7-,8+/m0/s1. The summed E-state index contributed by atoms with van der Waals surface area (Å²) in [6.07, 6.45) is -5.53. The van der Waals surface area contributed by atoms with Crippen molar-refractivity contribution in [2.24, 2.45) is 0 Å². The van der Waals surface area contributed by atoms with E-state index < -0.39 is 36.9 Å². The van der Waals surface area contributed by atoms with Gasteiger partial charge in [0.2, 0.25) is 0 Å². The van der Waals surface area contributed by atoms with Gasteiger partial charge in [-0.3, -0.25) is 0 Å². The average molecular weight is 234 g/mol. The Hall–Kier alpha value is -0.890. The molecule has 2 saturated heterocycles. The molecular formula is C9H14O7. The summed E-state index contributed by atoms with van der Waals surface area (Å²) in [4.78, 5) is 10.7. The minimum absolute atomic E-state index is 0.00608. The lowest BCUT2D eigenvalue weighted by Gasteiger charge is -2.17. The van der Waals surface area contributed by atoms with E-state index in [1.165, 1.54) is 0 Å². The minimum Gasteiger partial charge on any atom is -0.430 e. The zero-order chi connectivity index (χ0) is 11.7. The highest BCUT2D eigenvalue weighted by Gasteiger charge is 2.50. The maximum absolute atomic E-state index is 10.7. The molecule has 0 aromatic carbocycles. The van der Waals surface area contributed by atoms with Crippen molar-refractivity contribution in [1.29, 1.82) is 0 Å². The number of carbonyl (C=O) groups is 1. The molecule has 5 atom stereocenters. The van der Waals surface area contributed by atoms with Crippen LogP contribution < -0.4 is 0 Å². The van der Waals surface area contributed by atoms with Crippen LogP contribution in [0, 0.1) is 0 Å². The second-order valence-corrected chi connectivity index (χ2v) is 3.62. The Labute approximate surface area is 91.9 Å². The first-order valence-electron chi connectivity index (χ1n) is 5.10. The lowest BCUT2D eigenvalue weighted by Crippen LogP contribution is -2.40. The Morgan fingerprint density at radius 2 is 2.19 bits per heavy atom. The van der Waals surface area contributed by atoms with E-state index in [1.54, 1.807) is 6.92 Å². The highest BCUT2D eigenvalue weighted by Crippen LogP contribution is 2.27. The molecule has 0 saturated carbocycles. The zero-order valence-corrected chi connectivity index (χ0v) is 8.74. The summed E-state index contributed by atoms with van der Waals surface area (Å²) in [6.45, 7) is 2.10. The van der Waals surface area contributed by atoms with E-state index in [1.807, 2.05) is 0 Å². The van der Waals surface area contributed by atoms with Crippen LogP contribution >= 0.6 is 0 Å². The van der Waals surface area contributed by atoms with Crippen LogP contribution in [0.2, 0.25) is 0 Å². The topological polar surface area (TPSA) is 94.5 Å². The van der Waals surface area contributed by atoms with Crippen LogP contribution in [0.4, 0.5) is 4.79 Å². The maximum atomic E-state index is 10.7. The molecule has 2 aliphatic rings. The number of carbonyl (C=O) groups excluding carboxylic acids is 1. The molecule has 0 aromatic rings. The summed E-state index contributed by atoms with van der Waals surface area (Å²) < 4.78 is 19.7. The summed E-state index contributed by atoms with van der Waals surface area (Å²) in [6, 6.07) is 0. The van der Waals surface area contributed by atoms with Crippen LogP contribution in [-0.2, 0) is 18.9 Å². The van der Waals surface area contributed by atoms with Gasteiger partial charge in [0.15, 0.2) is 12.4 Å². The molecule has 2 rings (SSSR count). The van der Waals surface area contributed by atoms with Crippen molar-refractivity contribution >= 4 is 6.16 Å². The quantitative estimate of drug-likeness (QED) is 0.605. The van der Waals surface area contributed by atoms with E-state index in [-0.39, 0.29) is 6.61 Å². The van der Waals surface area contributed by atoms with Gasteiger partial charge in [-0.05, 0) is 6.92 Å². The third-order valence-corrected chi connectivity index (χ3v) is 2.57. The lowest BCUT2D eigenvalue weighted by atomic mass is 10.1. The average Bonchev–Trinajstić information content (AvgIpc) is 2.78. The van der Waals surface area contributed by atoms with Gasteiger partial charge in [0.1, 0.15) is 24.9 Å². The Balaban J connectivity index is 1.98. The van der Waals surface area contributed by atoms with Gasteiger partial charge in [-0.25, -0.2) is 4.79 Å². The van der Waals surface area contributed by atoms with Crippen molar-refractivity contribution in [3.8, 4) is 0 Å². The SMILES string of the molecule is CCO[C@@H]1O[C@@H]([C@@H]2COC(=O)O2)[C@@H](O)[C@H]1O. The van der Waals surface area contributed by atoms with Crippen LogP contribution in [0.1, 0.15) is 6.92 Å². The van der Waals surface area contributed by atoms with Crippen molar-refractivity contribution in [3.63, 3.8) is 0 Å². The summed E-state index contributed by atoms with van der Waals surface area (Å²) in [5.74, 6) is 0. The van der Waals surface area contributed by atoms with E-state index in [9.17, 15) is 15.0 Å². The fourth-order valence-electron chi connectivity index (χ4n) is 1.78. The van der Waals surface area contributed by atoms with Crippen LogP contribution in [0.5, 0.6) is 0 Å². The number of cyclic esters (lactones) is 2. The number of hydrogen-bond acceptors (Lipinski definition) is 7. The van der Waals surface area contributed by atoms with E-state index in [0.717, 1.165) is 0 Å². The van der Waals surface area contributed by atoms with E-state index in [4.69, 9.17) is 14.2 Å². The van der Waals surface area contributed by atoms with Crippen molar-refractivity contribution < 1.29 is 34.0 Å².